The van der Waals surface area contributed by atoms with Crippen molar-refractivity contribution in [1.82, 2.24) is 0 Å². The van der Waals surface area contributed by atoms with E-state index in [4.69, 9.17) is 10.5 Å². The Bertz CT molecular complexity index is 595. The summed E-state index contributed by atoms with van der Waals surface area (Å²) in [5.74, 6) is 0. The molecule has 0 aliphatic heterocycles. The van der Waals surface area contributed by atoms with Gasteiger partial charge in [0.05, 0.1) is 42.8 Å². The first kappa shape index (κ1) is 19.9. The van der Waals surface area contributed by atoms with Crippen molar-refractivity contribution in [1.29, 1.82) is 31.6 Å². The van der Waals surface area contributed by atoms with Crippen molar-refractivity contribution >= 4 is 0 Å². The maximum Gasteiger partial charge on any atom is 0.188 e. The fraction of sp³-hybridized carbons (Fsp3) is 0.647. The van der Waals surface area contributed by atoms with Gasteiger partial charge < -0.3 is 0 Å². The molecule has 6 nitrogen and oxygen atoms in total. The van der Waals surface area contributed by atoms with Crippen LogP contribution in [0.15, 0.2) is 0 Å². The Morgan fingerprint density at radius 2 is 1.00 bits per heavy atom. The van der Waals surface area contributed by atoms with Crippen LogP contribution in [0.25, 0.3) is 0 Å². The van der Waals surface area contributed by atoms with Crippen LogP contribution in [-0.4, -0.2) is 0 Å². The summed E-state index contributed by atoms with van der Waals surface area (Å²) < 4.78 is 0. The maximum atomic E-state index is 9.39. The highest BCUT2D eigenvalue weighted by Crippen LogP contribution is 2.44. The molecular formula is C17H18N6. The standard InChI is InChI=1S/C17H18N6/c18-10-7-5-3-1-2-4-6-8-16(12-20,13-21)17(14-22,15-23)9-11-19/h1-9H2. The molecule has 0 aliphatic rings. The zero-order valence-corrected chi connectivity index (χ0v) is 13.0. The molecule has 0 N–H and O–H groups in total. The topological polar surface area (TPSA) is 143 Å². The van der Waals surface area contributed by atoms with Crippen LogP contribution in [0.3, 0.4) is 0 Å². The first-order valence-electron chi connectivity index (χ1n) is 7.51. The van der Waals surface area contributed by atoms with E-state index in [2.05, 4.69) is 6.07 Å². The first-order chi connectivity index (χ1) is 11.1. The normalized spacial score (nSPS) is 10.2. The Kier molecular flexibility index (Phi) is 9.22. The van der Waals surface area contributed by atoms with Gasteiger partial charge in [-0.25, -0.2) is 0 Å². The number of nitriles is 6. The first-order valence-corrected chi connectivity index (χ1v) is 7.51. The van der Waals surface area contributed by atoms with Gasteiger partial charge >= 0.3 is 0 Å². The molecular weight excluding hydrogens is 288 g/mol. The molecule has 116 valence electrons. The Labute approximate surface area is 137 Å². The van der Waals surface area contributed by atoms with Gasteiger partial charge in [-0.2, -0.15) is 31.6 Å². The van der Waals surface area contributed by atoms with E-state index in [0.717, 1.165) is 32.1 Å². The van der Waals surface area contributed by atoms with Crippen LogP contribution in [-0.2, 0) is 0 Å². The fourth-order valence-corrected chi connectivity index (χ4v) is 2.41. The highest BCUT2D eigenvalue weighted by Gasteiger charge is 2.54. The molecule has 0 bridgehead atoms. The summed E-state index contributed by atoms with van der Waals surface area (Å²) in [6.45, 7) is 0. The van der Waals surface area contributed by atoms with Gasteiger partial charge in [0, 0.05) is 6.42 Å². The molecule has 23 heavy (non-hydrogen) atoms. The van der Waals surface area contributed by atoms with Gasteiger partial charge in [0.2, 0.25) is 0 Å². The monoisotopic (exact) mass is 306 g/mol. The Morgan fingerprint density at radius 3 is 1.43 bits per heavy atom. The highest BCUT2D eigenvalue weighted by molar-refractivity contribution is 5.35. The second-order valence-corrected chi connectivity index (χ2v) is 5.37. The lowest BCUT2D eigenvalue weighted by Crippen LogP contribution is -2.38. The van der Waals surface area contributed by atoms with E-state index in [9.17, 15) is 21.0 Å². The Hall–Kier alpha value is -3.06. The molecule has 0 rings (SSSR count). The molecule has 0 saturated carbocycles. The quantitative estimate of drug-likeness (QED) is 0.564. The van der Waals surface area contributed by atoms with Gasteiger partial charge in [-0.05, 0) is 12.8 Å². The lowest BCUT2D eigenvalue weighted by atomic mass is 9.62. The van der Waals surface area contributed by atoms with E-state index in [1.807, 2.05) is 12.1 Å². The van der Waals surface area contributed by atoms with Crippen LogP contribution in [0.1, 0.15) is 57.8 Å². The third-order valence-electron chi connectivity index (χ3n) is 3.93. The minimum atomic E-state index is -1.92. The molecule has 0 atom stereocenters. The number of hydrogen-bond acceptors (Lipinski definition) is 6. The number of rotatable bonds is 10. The number of unbranched alkanes of at least 4 members (excludes halogenated alkanes) is 6. The lowest BCUT2D eigenvalue weighted by molar-refractivity contribution is 0.274. The van der Waals surface area contributed by atoms with Crippen molar-refractivity contribution in [2.24, 2.45) is 10.8 Å². The van der Waals surface area contributed by atoms with Crippen molar-refractivity contribution in [3.8, 4) is 36.4 Å². The molecule has 0 spiro atoms. The van der Waals surface area contributed by atoms with Crippen molar-refractivity contribution in [3.63, 3.8) is 0 Å². The zero-order chi connectivity index (χ0) is 17.6. The van der Waals surface area contributed by atoms with E-state index in [0.29, 0.717) is 12.8 Å². The summed E-state index contributed by atoms with van der Waals surface area (Å²) in [4.78, 5) is 0. The van der Waals surface area contributed by atoms with Crippen molar-refractivity contribution in [3.05, 3.63) is 0 Å². The third-order valence-corrected chi connectivity index (χ3v) is 3.93. The summed E-state index contributed by atoms with van der Waals surface area (Å²) >= 11 is 0. The van der Waals surface area contributed by atoms with E-state index in [1.165, 1.54) is 0 Å². The maximum absolute atomic E-state index is 9.39. The van der Waals surface area contributed by atoms with Gasteiger partial charge in [-0.3, -0.25) is 0 Å². The average Bonchev–Trinajstić information content (AvgIpc) is 2.59. The molecule has 0 aromatic heterocycles. The van der Waals surface area contributed by atoms with Crippen LogP contribution in [0.4, 0.5) is 0 Å². The third kappa shape index (κ3) is 5.01. The number of hydrogen-bond donors (Lipinski definition) is 0. The fourth-order valence-electron chi connectivity index (χ4n) is 2.41. The predicted molar refractivity (Wildman–Crippen MR) is 80.1 cm³/mol. The summed E-state index contributed by atoms with van der Waals surface area (Å²) in [5.41, 5.74) is -3.70. The van der Waals surface area contributed by atoms with Crippen LogP contribution in [0, 0.1) is 78.8 Å². The number of nitrogens with zero attached hydrogens (tertiary/aromatic N) is 6. The predicted octanol–water partition coefficient (Wildman–Crippen LogP) is 3.61. The molecule has 0 aromatic carbocycles. The zero-order valence-electron chi connectivity index (χ0n) is 13.0. The van der Waals surface area contributed by atoms with Gasteiger partial charge in [0.25, 0.3) is 0 Å². The second-order valence-electron chi connectivity index (χ2n) is 5.37. The van der Waals surface area contributed by atoms with Crippen molar-refractivity contribution in [2.45, 2.75) is 57.8 Å². The molecule has 0 unspecified atom stereocenters. The van der Waals surface area contributed by atoms with Crippen LogP contribution < -0.4 is 0 Å². The summed E-state index contributed by atoms with van der Waals surface area (Å²) in [6.07, 6.45) is 5.20. The largest absolute Gasteiger partial charge is 0.198 e. The van der Waals surface area contributed by atoms with Gasteiger partial charge in [-0.15, -0.1) is 0 Å². The minimum Gasteiger partial charge on any atom is -0.198 e. The van der Waals surface area contributed by atoms with Gasteiger partial charge in [-0.1, -0.05) is 32.1 Å². The Morgan fingerprint density at radius 1 is 0.522 bits per heavy atom. The second kappa shape index (κ2) is 10.6. The SMILES string of the molecule is N#CCCCCCCCCC(C#N)(C#N)C(C#N)(C#N)CC#N. The molecule has 0 aromatic rings. The van der Waals surface area contributed by atoms with Crippen molar-refractivity contribution in [2.75, 3.05) is 0 Å². The Balaban J connectivity index is 4.72. The molecule has 0 amide bonds. The van der Waals surface area contributed by atoms with Gasteiger partial charge in [0.1, 0.15) is 0 Å². The smallest absolute Gasteiger partial charge is 0.188 e. The van der Waals surface area contributed by atoms with E-state index in [1.54, 1.807) is 18.2 Å². The molecule has 0 fully saturated rings. The summed E-state index contributed by atoms with van der Waals surface area (Å²) in [7, 11) is 0. The average molecular weight is 306 g/mol. The molecule has 0 radical (unpaired) electrons. The lowest BCUT2D eigenvalue weighted by Gasteiger charge is -2.29. The summed E-state index contributed by atoms with van der Waals surface area (Å²) in [6, 6.07) is 10.9. The molecule has 6 heteroatoms. The highest BCUT2D eigenvalue weighted by atomic mass is 14.6. The van der Waals surface area contributed by atoms with Crippen LogP contribution in [0.5, 0.6) is 0 Å². The van der Waals surface area contributed by atoms with E-state index < -0.39 is 17.3 Å². The molecule has 0 aliphatic carbocycles. The van der Waals surface area contributed by atoms with Crippen LogP contribution in [0.2, 0.25) is 0 Å². The van der Waals surface area contributed by atoms with E-state index >= 15 is 0 Å². The van der Waals surface area contributed by atoms with Gasteiger partial charge in [0.15, 0.2) is 10.8 Å². The minimum absolute atomic E-state index is 0.0982. The molecule has 0 saturated heterocycles. The van der Waals surface area contributed by atoms with Crippen molar-refractivity contribution < 1.29 is 0 Å². The van der Waals surface area contributed by atoms with Crippen LogP contribution >= 0.6 is 0 Å². The molecule has 0 heterocycles. The van der Waals surface area contributed by atoms with E-state index in [-0.39, 0.29) is 6.42 Å². The summed E-state index contributed by atoms with van der Waals surface area (Å²) in [5, 5.41) is 54.6.